The molecule has 24 heteroatoms. The minimum absolute atomic E-state index is 0.0987. The summed E-state index contributed by atoms with van der Waals surface area (Å²) >= 11 is 0. The number of cyclic esters (lactones) is 1. The lowest BCUT2D eigenvalue weighted by Crippen LogP contribution is -2.59. The van der Waals surface area contributed by atoms with Crippen molar-refractivity contribution < 1.29 is 62.6 Å². The van der Waals surface area contributed by atoms with Gasteiger partial charge in [0.2, 0.25) is 41.4 Å². The van der Waals surface area contributed by atoms with E-state index in [0.717, 1.165) is 5.56 Å². The van der Waals surface area contributed by atoms with Gasteiger partial charge < -0.3 is 64.3 Å². The molecule has 89 heavy (non-hydrogen) atoms. The van der Waals surface area contributed by atoms with Crippen LogP contribution in [0.5, 0.6) is 0 Å². The smallest absolute Gasteiger partial charge is 0.323 e. The number of likely N-dealkylation sites (N-methyl/N-ethyl adjacent to an activating group) is 1. The van der Waals surface area contributed by atoms with Gasteiger partial charge in [0, 0.05) is 49.6 Å². The molecule has 2 rings (SSSR count). The second kappa shape index (κ2) is 41.2. The number of aliphatic hydroxyl groups excluding tert-OH is 1. The number of unbranched alkanes of at least 4 members (excludes halogenated alkanes) is 2. The van der Waals surface area contributed by atoms with E-state index in [1.807, 2.05) is 65.0 Å². The second-order valence-corrected chi connectivity index (χ2v) is 24.8. The second-order valence-electron chi connectivity index (χ2n) is 24.8. The topological polar surface area (TPSA) is 392 Å². The number of ether oxygens (including phenoxy) is 1. The van der Waals surface area contributed by atoms with Crippen LogP contribution in [0.2, 0.25) is 0 Å². The third-order valence-corrected chi connectivity index (χ3v) is 17.9. The molecule has 0 aliphatic carbocycles. The first-order valence-electron chi connectivity index (χ1n) is 32.5. The molecule has 0 saturated carbocycles. The summed E-state index contributed by atoms with van der Waals surface area (Å²) in [5.74, 6) is -12.2. The van der Waals surface area contributed by atoms with Crippen LogP contribution >= 0.6 is 0 Å². The van der Waals surface area contributed by atoms with Crippen molar-refractivity contribution in [1.82, 2.24) is 42.5 Å². The van der Waals surface area contributed by atoms with Gasteiger partial charge in [0.25, 0.3) is 0 Å². The Morgan fingerprint density at radius 3 is 1.83 bits per heavy atom. The number of nitrogens with two attached hydrogens (primary N) is 3. The molecule has 0 aromatic heterocycles. The van der Waals surface area contributed by atoms with E-state index in [1.165, 1.54) is 6.92 Å². The number of carbonyl (C=O) groups is 11. The Labute approximate surface area is 528 Å². The zero-order chi connectivity index (χ0) is 67.1. The molecule has 7 amide bonds. The molecule has 1 aromatic rings. The molecule has 0 radical (unpaired) electrons. The SMILES string of the molecule is CC[C@H](C)[C@H](NC(=O)[C@H](CC(=O)[C@@H](CCC(N)=O)NC(=O)[C@H](CCCCN)NC(=O)[C@@H](NC(=O)[C@@H](Cc1ccccc1)NC)[C@@H](C)CC)[C@@H](C)CC)C(=O)C[C@@H](CO)C(=O)N[C@H]1C(=O)C[C@@H](C)C(=O)N[C@@H](CCCCN)C(C)N[C@@H]([C@@H](C)CC)C(=O)O[C@H]1C. The maximum atomic E-state index is 14.6. The zero-order valence-corrected chi connectivity index (χ0v) is 55.2. The van der Waals surface area contributed by atoms with Crippen LogP contribution in [0, 0.1) is 41.4 Å². The summed E-state index contributed by atoms with van der Waals surface area (Å²) in [6.07, 6.45) is 1.88. The van der Waals surface area contributed by atoms with Crippen molar-refractivity contribution in [2.75, 3.05) is 26.7 Å². The van der Waals surface area contributed by atoms with Crippen LogP contribution < -0.4 is 59.7 Å². The van der Waals surface area contributed by atoms with Crippen LogP contribution in [0.15, 0.2) is 30.3 Å². The Morgan fingerprint density at radius 1 is 0.674 bits per heavy atom. The van der Waals surface area contributed by atoms with E-state index in [-0.39, 0.29) is 43.6 Å². The number of carbonyl (C=O) groups excluding carboxylic acids is 11. The lowest BCUT2D eigenvalue weighted by molar-refractivity contribution is -0.156. The summed E-state index contributed by atoms with van der Waals surface area (Å²) in [7, 11) is 1.65. The summed E-state index contributed by atoms with van der Waals surface area (Å²) in [5.41, 5.74) is 18.1. The van der Waals surface area contributed by atoms with Gasteiger partial charge in [0.05, 0.1) is 30.7 Å². The molecule has 17 atom stereocenters. The molecule has 1 saturated heterocycles. The minimum atomic E-state index is -1.50. The number of benzene rings is 1. The van der Waals surface area contributed by atoms with Gasteiger partial charge in [-0.15, -0.1) is 0 Å². The van der Waals surface area contributed by atoms with E-state index in [4.69, 9.17) is 21.9 Å². The fraction of sp³-hybridized carbons (Fsp3) is 0.738. The first kappa shape index (κ1) is 78.9. The van der Waals surface area contributed by atoms with E-state index in [9.17, 15) is 57.8 Å². The lowest BCUT2D eigenvalue weighted by atomic mass is 9.83. The molecule has 0 bridgehead atoms. The van der Waals surface area contributed by atoms with Crippen molar-refractivity contribution in [1.29, 1.82) is 0 Å². The monoisotopic (exact) mass is 1250 g/mol. The number of rotatable bonds is 39. The number of hydrogen-bond acceptors (Lipinski definition) is 17. The normalized spacial score (nSPS) is 22.1. The van der Waals surface area contributed by atoms with Crippen molar-refractivity contribution in [2.45, 2.75) is 239 Å². The standard InChI is InChI=1S/C65H111N11O13/c1-13-37(5)46(35-51(78)48(28-29-54(68)81)72-62(85)49(27-21-23-31-67)73-64(87)56(39(7)15-3)75-63(86)50(69-12)33-44-24-18-17-19-25-44)61(84)74-55(38(6)14-2)53(80)34-45(36-77)60(83)76-58-43(11)89-65(88)57(40(8)16-4)70-42(10)47(26-20-22-30-66)71-59(82)41(9)32-52(58)79/h17-19,24-25,37-43,45-50,55-58,69-70,77H,13-16,20-23,26-36,66-67H2,1-12H3,(H2,68,81)(H,71,82)(H,72,85)(H,73,87)(H,74,84)(H,75,86)(H,76,83)/t37-,38-,39-,40-,41+,42?,43-,45-,46+,47-,48+,49-,50+,55-,56-,57-,58+/m0/s1. The van der Waals surface area contributed by atoms with Crippen LogP contribution in [0.25, 0.3) is 0 Å². The Morgan fingerprint density at radius 2 is 1.26 bits per heavy atom. The lowest BCUT2D eigenvalue weighted by Gasteiger charge is -2.33. The van der Waals surface area contributed by atoms with Crippen LogP contribution in [-0.4, -0.2) is 157 Å². The maximum absolute atomic E-state index is 14.6. The number of primary amides is 1. The van der Waals surface area contributed by atoms with Crippen LogP contribution in [0.3, 0.4) is 0 Å². The Balaban J connectivity index is 2.46. The van der Waals surface area contributed by atoms with Gasteiger partial charge in [0.15, 0.2) is 17.3 Å². The molecule has 1 aliphatic rings. The predicted molar refractivity (Wildman–Crippen MR) is 341 cm³/mol. The molecule has 0 spiro atoms. The van der Waals surface area contributed by atoms with Gasteiger partial charge in [-0.2, -0.15) is 0 Å². The summed E-state index contributed by atoms with van der Waals surface area (Å²) in [4.78, 5) is 154. The van der Waals surface area contributed by atoms with Crippen LogP contribution in [0.4, 0.5) is 0 Å². The highest BCUT2D eigenvalue weighted by molar-refractivity contribution is 5.99. The quantitative estimate of drug-likeness (QED) is 0.0333. The van der Waals surface area contributed by atoms with Gasteiger partial charge in [-0.3, -0.25) is 58.1 Å². The maximum Gasteiger partial charge on any atom is 0.323 e. The molecule has 24 nitrogen and oxygen atoms in total. The molecule has 1 fully saturated rings. The number of hydrogen-bond donors (Lipinski definition) is 12. The van der Waals surface area contributed by atoms with Crippen molar-refractivity contribution in [2.24, 2.45) is 58.6 Å². The molecule has 1 heterocycles. The third kappa shape index (κ3) is 26.3. The van der Waals surface area contributed by atoms with E-state index in [1.54, 1.807) is 41.7 Å². The molecule has 1 unspecified atom stereocenters. The van der Waals surface area contributed by atoms with E-state index in [0.29, 0.717) is 77.3 Å². The average Bonchev–Trinajstić information content (AvgIpc) is 2.83. The summed E-state index contributed by atoms with van der Waals surface area (Å²) in [6.45, 7) is 19.3. The number of nitrogens with one attached hydrogen (secondary N) is 8. The molecule has 504 valence electrons. The van der Waals surface area contributed by atoms with Crippen molar-refractivity contribution in [3.8, 4) is 0 Å². The molecule has 1 aromatic carbocycles. The first-order valence-corrected chi connectivity index (χ1v) is 32.5. The number of Topliss-reactive ketones (excluding diaryl/α,β-unsaturated/α-hetero) is 3. The Bertz CT molecular complexity index is 2430. The van der Waals surface area contributed by atoms with Gasteiger partial charge in [-0.25, -0.2) is 0 Å². The highest BCUT2D eigenvalue weighted by Gasteiger charge is 2.41. The molecule has 1 aliphatic heterocycles. The summed E-state index contributed by atoms with van der Waals surface area (Å²) < 4.78 is 5.95. The van der Waals surface area contributed by atoms with Crippen LogP contribution in [-0.2, 0) is 63.9 Å². The number of esters is 1. The Hall–Kier alpha value is -6.21. The highest BCUT2D eigenvalue weighted by atomic mass is 16.5. The zero-order valence-electron chi connectivity index (χ0n) is 55.2. The third-order valence-electron chi connectivity index (χ3n) is 17.9. The van der Waals surface area contributed by atoms with Crippen molar-refractivity contribution in [3.05, 3.63) is 35.9 Å². The highest BCUT2D eigenvalue weighted by Crippen LogP contribution is 2.25. The van der Waals surface area contributed by atoms with Gasteiger partial charge in [-0.1, -0.05) is 125 Å². The fourth-order valence-corrected chi connectivity index (χ4v) is 10.8. The van der Waals surface area contributed by atoms with Crippen LogP contribution in [0.1, 0.15) is 178 Å². The summed E-state index contributed by atoms with van der Waals surface area (Å²) in [5, 5.41) is 34.0. The average molecular weight is 1250 g/mol. The van der Waals surface area contributed by atoms with Crippen molar-refractivity contribution >= 4 is 64.7 Å². The Kier molecular flexibility index (Phi) is 36.5. The van der Waals surface area contributed by atoms with Crippen molar-refractivity contribution in [3.63, 3.8) is 0 Å². The summed E-state index contributed by atoms with van der Waals surface area (Å²) in [6, 6.07) is 0.639. The first-order chi connectivity index (χ1) is 42.2. The van der Waals surface area contributed by atoms with E-state index < -0.39 is 168 Å². The minimum Gasteiger partial charge on any atom is -0.459 e. The number of ketones is 3. The van der Waals surface area contributed by atoms with E-state index in [2.05, 4.69) is 42.5 Å². The number of aliphatic hydroxyl groups is 1. The predicted octanol–water partition coefficient (Wildman–Crippen LogP) is 2.46. The van der Waals surface area contributed by atoms with Gasteiger partial charge in [-0.05, 0) is 108 Å². The largest absolute Gasteiger partial charge is 0.459 e. The van der Waals surface area contributed by atoms with E-state index >= 15 is 0 Å². The number of amides is 7. The molecular weight excluding hydrogens is 1140 g/mol. The van der Waals surface area contributed by atoms with Gasteiger partial charge >= 0.3 is 5.97 Å². The van der Waals surface area contributed by atoms with Gasteiger partial charge in [0.1, 0.15) is 30.3 Å². The molecule has 15 N–H and O–H groups in total. The fourth-order valence-electron chi connectivity index (χ4n) is 10.8. The molecular formula is C65H111N11O13.